The minimum atomic E-state index is -0.0932. The number of hydrogen-bond donors (Lipinski definition) is 2. The highest BCUT2D eigenvalue weighted by Crippen LogP contribution is 2.17. The molecule has 0 aliphatic heterocycles. The average Bonchev–Trinajstić information content (AvgIpc) is 2.24. The van der Waals surface area contributed by atoms with Crippen LogP contribution in [0.2, 0.25) is 0 Å². The third kappa shape index (κ3) is 3.86. The molecule has 1 amide bonds. The molecule has 5 nitrogen and oxygen atoms in total. The Hall–Kier alpha value is -1.75. The fraction of sp³-hybridized carbons (Fsp3) is 0.300. The number of hydrogen-bond acceptors (Lipinski definition) is 4. The maximum absolute atomic E-state index is 10.6. The summed E-state index contributed by atoms with van der Waals surface area (Å²) in [5.74, 6) is -0.0932. The first kappa shape index (κ1) is 11.3. The largest absolute Gasteiger partial charge is 0.344 e. The van der Waals surface area contributed by atoms with Gasteiger partial charge in [-0.2, -0.15) is 0 Å². The van der Waals surface area contributed by atoms with E-state index >= 15 is 0 Å². The molecule has 0 saturated heterocycles. The van der Waals surface area contributed by atoms with E-state index in [1.165, 1.54) is 6.92 Å². The lowest BCUT2D eigenvalue weighted by Crippen LogP contribution is -2.31. The Morgan fingerprint density at radius 2 is 2.13 bits per heavy atom. The van der Waals surface area contributed by atoms with Crippen LogP contribution in [0.3, 0.4) is 0 Å². The normalized spacial score (nSPS) is 9.67. The number of carbonyl (C=O) groups is 1. The second-order valence-electron chi connectivity index (χ2n) is 3.06. The summed E-state index contributed by atoms with van der Waals surface area (Å²) in [7, 11) is 0. The van der Waals surface area contributed by atoms with Gasteiger partial charge in [0.15, 0.2) is 0 Å². The predicted octanol–water partition coefficient (Wildman–Crippen LogP) is 1.27. The first-order valence-corrected chi connectivity index (χ1v) is 4.60. The monoisotopic (exact) mass is 207 g/mol. The molecule has 15 heavy (non-hydrogen) atoms. The van der Waals surface area contributed by atoms with E-state index in [1.807, 2.05) is 12.1 Å². The van der Waals surface area contributed by atoms with Crippen LogP contribution in [-0.4, -0.2) is 12.6 Å². The molecule has 0 saturated carbocycles. The Balaban J connectivity index is 2.43. The Morgan fingerprint density at radius 1 is 1.40 bits per heavy atom. The van der Waals surface area contributed by atoms with E-state index < -0.39 is 0 Å². The number of nitrogens with one attached hydrogen (secondary N) is 2. The van der Waals surface area contributed by atoms with E-state index in [1.54, 1.807) is 12.1 Å². The van der Waals surface area contributed by atoms with Crippen LogP contribution in [0, 0.1) is 4.91 Å². The first-order valence-electron chi connectivity index (χ1n) is 4.60. The van der Waals surface area contributed by atoms with Gasteiger partial charge >= 0.3 is 0 Å². The number of carbonyl (C=O) groups excluding carboxylic acids is 1. The van der Waals surface area contributed by atoms with Crippen molar-refractivity contribution in [3.63, 3.8) is 0 Å². The highest BCUT2D eigenvalue weighted by atomic mass is 16.3. The smallest absolute Gasteiger partial charge is 0.217 e. The van der Waals surface area contributed by atoms with Crippen LogP contribution in [0.1, 0.15) is 12.5 Å². The van der Waals surface area contributed by atoms with E-state index in [4.69, 9.17) is 0 Å². The Kier molecular flexibility index (Phi) is 4.43. The molecule has 2 N–H and O–H groups in total. The number of benzene rings is 1. The maximum Gasteiger partial charge on any atom is 0.217 e. The molecular weight excluding hydrogens is 194 g/mol. The summed E-state index contributed by atoms with van der Waals surface area (Å²) >= 11 is 0. The summed E-state index contributed by atoms with van der Waals surface area (Å²) in [6, 6.07) is 7.07. The summed E-state index contributed by atoms with van der Waals surface area (Å²) in [6.07, 6.45) is 0. The highest BCUT2D eigenvalue weighted by Gasteiger charge is 2.00. The van der Waals surface area contributed by atoms with Crippen LogP contribution < -0.4 is 10.6 Å². The zero-order valence-electron chi connectivity index (χ0n) is 8.49. The molecule has 1 aromatic rings. The van der Waals surface area contributed by atoms with Crippen molar-refractivity contribution in [3.8, 4) is 0 Å². The third-order valence-electron chi connectivity index (χ3n) is 1.87. The minimum absolute atomic E-state index is 0.0932. The fourth-order valence-electron chi connectivity index (χ4n) is 1.13. The van der Waals surface area contributed by atoms with Gasteiger partial charge in [-0.25, -0.2) is 0 Å². The molecule has 1 rings (SSSR count). The summed E-state index contributed by atoms with van der Waals surface area (Å²) in [5, 5.41) is 8.48. The number of rotatable bonds is 5. The van der Waals surface area contributed by atoms with Gasteiger partial charge in [0.1, 0.15) is 5.69 Å². The van der Waals surface area contributed by atoms with Gasteiger partial charge in [-0.1, -0.05) is 18.2 Å². The standard InChI is InChI=1S/C10H13N3O2/c1-8(14)12-7-11-6-9-4-2-3-5-10(9)13-15/h2-5,11H,6-7H2,1H3,(H,12,14). The van der Waals surface area contributed by atoms with Crippen molar-refractivity contribution in [3.05, 3.63) is 34.7 Å². The van der Waals surface area contributed by atoms with Crippen LogP contribution in [0.4, 0.5) is 5.69 Å². The lowest BCUT2D eigenvalue weighted by Gasteiger charge is -2.06. The predicted molar refractivity (Wildman–Crippen MR) is 57.4 cm³/mol. The molecule has 0 atom stereocenters. The van der Waals surface area contributed by atoms with E-state index in [0.717, 1.165) is 5.56 Å². The number of amides is 1. The molecule has 0 fully saturated rings. The van der Waals surface area contributed by atoms with Gasteiger partial charge in [0.25, 0.3) is 0 Å². The summed E-state index contributed by atoms with van der Waals surface area (Å²) in [6.45, 7) is 2.33. The first-order chi connectivity index (χ1) is 7.24. The second-order valence-corrected chi connectivity index (χ2v) is 3.06. The van der Waals surface area contributed by atoms with Gasteiger partial charge in [-0.15, -0.1) is 4.91 Å². The van der Waals surface area contributed by atoms with Gasteiger partial charge in [0.2, 0.25) is 5.91 Å². The zero-order valence-corrected chi connectivity index (χ0v) is 8.49. The molecule has 80 valence electrons. The molecular formula is C10H13N3O2. The Morgan fingerprint density at radius 3 is 2.80 bits per heavy atom. The van der Waals surface area contributed by atoms with Crippen molar-refractivity contribution >= 4 is 11.6 Å². The lowest BCUT2D eigenvalue weighted by atomic mass is 10.2. The van der Waals surface area contributed by atoms with Crippen LogP contribution in [0.5, 0.6) is 0 Å². The molecule has 0 heterocycles. The van der Waals surface area contributed by atoms with Gasteiger partial charge in [0.05, 0.1) is 6.67 Å². The third-order valence-corrected chi connectivity index (χ3v) is 1.87. The molecule has 0 spiro atoms. The quantitative estimate of drug-likeness (QED) is 0.434. The minimum Gasteiger partial charge on any atom is -0.344 e. The Bertz CT molecular complexity index is 352. The SMILES string of the molecule is CC(=O)NCNCc1ccccc1N=O. The molecule has 0 aliphatic rings. The van der Waals surface area contributed by atoms with E-state index in [2.05, 4.69) is 15.8 Å². The van der Waals surface area contributed by atoms with Gasteiger partial charge < -0.3 is 5.32 Å². The maximum atomic E-state index is 10.6. The molecule has 0 unspecified atom stereocenters. The highest BCUT2D eigenvalue weighted by molar-refractivity contribution is 5.72. The fourth-order valence-corrected chi connectivity index (χ4v) is 1.13. The van der Waals surface area contributed by atoms with Crippen molar-refractivity contribution in [1.29, 1.82) is 0 Å². The van der Waals surface area contributed by atoms with Crippen molar-refractivity contribution in [2.24, 2.45) is 5.18 Å². The van der Waals surface area contributed by atoms with Gasteiger partial charge in [-0.3, -0.25) is 10.1 Å². The molecule has 0 aliphatic carbocycles. The molecule has 0 bridgehead atoms. The van der Waals surface area contributed by atoms with E-state index in [9.17, 15) is 9.70 Å². The Labute approximate surface area is 87.8 Å². The molecule has 0 aromatic heterocycles. The summed E-state index contributed by atoms with van der Waals surface area (Å²) in [5.41, 5.74) is 1.24. The van der Waals surface area contributed by atoms with Crippen LogP contribution in [0.15, 0.2) is 29.4 Å². The van der Waals surface area contributed by atoms with E-state index in [-0.39, 0.29) is 5.91 Å². The topological polar surface area (TPSA) is 70.6 Å². The average molecular weight is 207 g/mol. The number of nitrogens with zero attached hydrogens (tertiary/aromatic N) is 1. The summed E-state index contributed by atoms with van der Waals surface area (Å²) in [4.78, 5) is 21.0. The lowest BCUT2D eigenvalue weighted by molar-refractivity contribution is -0.119. The van der Waals surface area contributed by atoms with Crippen LogP contribution in [0.25, 0.3) is 0 Å². The van der Waals surface area contributed by atoms with Crippen molar-refractivity contribution in [2.45, 2.75) is 13.5 Å². The second kappa shape index (κ2) is 5.87. The van der Waals surface area contributed by atoms with E-state index in [0.29, 0.717) is 18.9 Å². The van der Waals surface area contributed by atoms with Gasteiger partial charge in [-0.05, 0) is 16.8 Å². The summed E-state index contributed by atoms with van der Waals surface area (Å²) < 4.78 is 0. The zero-order chi connectivity index (χ0) is 11.1. The van der Waals surface area contributed by atoms with Crippen molar-refractivity contribution < 1.29 is 4.79 Å². The molecule has 0 radical (unpaired) electrons. The van der Waals surface area contributed by atoms with Crippen LogP contribution >= 0.6 is 0 Å². The number of nitroso groups, excluding NO2 is 1. The van der Waals surface area contributed by atoms with Crippen LogP contribution in [-0.2, 0) is 11.3 Å². The van der Waals surface area contributed by atoms with Crippen molar-refractivity contribution in [2.75, 3.05) is 6.67 Å². The molecule has 5 heteroatoms. The molecule has 1 aromatic carbocycles. The van der Waals surface area contributed by atoms with Crippen molar-refractivity contribution in [1.82, 2.24) is 10.6 Å². The van der Waals surface area contributed by atoms with Gasteiger partial charge in [0, 0.05) is 13.5 Å².